The molecule has 3 heteroatoms. The predicted molar refractivity (Wildman–Crippen MR) is 57.2 cm³/mol. The molecule has 1 aliphatic heterocycles. The maximum Gasteiger partial charge on any atom is 0.0761 e. The van der Waals surface area contributed by atoms with Gasteiger partial charge in [-0.15, -0.1) is 0 Å². The van der Waals surface area contributed by atoms with Crippen molar-refractivity contribution in [1.82, 2.24) is 4.42 Å². The van der Waals surface area contributed by atoms with Crippen molar-refractivity contribution >= 4 is 11.8 Å². The van der Waals surface area contributed by atoms with Crippen molar-refractivity contribution in [2.24, 2.45) is 0 Å². The summed E-state index contributed by atoms with van der Waals surface area (Å²) in [6.45, 7) is 3.56. The smallest absolute Gasteiger partial charge is 0.0761 e. The van der Waals surface area contributed by atoms with Crippen molar-refractivity contribution < 1.29 is 4.74 Å². The molecule has 1 fully saturated rings. The van der Waals surface area contributed by atoms with Crippen LogP contribution in [-0.4, -0.2) is 23.7 Å². The minimum Gasteiger partial charge on any atom is -0.375 e. The zero-order chi connectivity index (χ0) is 9.97. The molecule has 0 aromatic heterocycles. The lowest BCUT2D eigenvalue weighted by Crippen LogP contribution is -2.38. The number of halogens is 1. The maximum absolute atomic E-state index is 6.17. The first-order valence-corrected chi connectivity index (χ1v) is 5.22. The minimum absolute atomic E-state index is 0.156. The van der Waals surface area contributed by atoms with Crippen molar-refractivity contribution in [2.45, 2.75) is 19.1 Å². The number of hydrogen-bond donors (Lipinski definition) is 0. The molecule has 1 aromatic carbocycles. The van der Waals surface area contributed by atoms with E-state index in [2.05, 4.69) is 19.1 Å². The molecule has 1 aliphatic rings. The molecule has 14 heavy (non-hydrogen) atoms. The SMILES string of the molecule is C[C@@H]1OCCN(Cl)[C@@H]1c1ccccc1. The fourth-order valence-corrected chi connectivity index (χ4v) is 2.21. The molecular weight excluding hydrogens is 198 g/mol. The Bertz CT molecular complexity index is 281. The first-order chi connectivity index (χ1) is 6.79. The molecule has 0 spiro atoms. The number of ether oxygens (including phenoxy) is 1. The van der Waals surface area contributed by atoms with Crippen LogP contribution in [0.4, 0.5) is 0 Å². The Morgan fingerprint density at radius 3 is 2.71 bits per heavy atom. The second kappa shape index (κ2) is 4.30. The van der Waals surface area contributed by atoms with Crippen LogP contribution in [0.25, 0.3) is 0 Å². The molecular formula is C11H14ClNO. The van der Waals surface area contributed by atoms with E-state index >= 15 is 0 Å². The van der Waals surface area contributed by atoms with Gasteiger partial charge >= 0.3 is 0 Å². The molecule has 0 N–H and O–H groups in total. The summed E-state index contributed by atoms with van der Waals surface area (Å²) in [6.07, 6.45) is 0.156. The highest BCUT2D eigenvalue weighted by molar-refractivity contribution is 6.13. The molecule has 1 aromatic rings. The molecule has 1 saturated heterocycles. The van der Waals surface area contributed by atoms with Gasteiger partial charge in [0, 0.05) is 6.54 Å². The van der Waals surface area contributed by atoms with E-state index in [0.717, 1.165) is 6.54 Å². The van der Waals surface area contributed by atoms with Crippen molar-refractivity contribution in [1.29, 1.82) is 0 Å². The van der Waals surface area contributed by atoms with Gasteiger partial charge in [-0.3, -0.25) is 0 Å². The highest BCUT2D eigenvalue weighted by Gasteiger charge is 2.29. The van der Waals surface area contributed by atoms with E-state index in [1.807, 2.05) is 22.6 Å². The molecule has 0 aliphatic carbocycles. The Morgan fingerprint density at radius 2 is 2.07 bits per heavy atom. The van der Waals surface area contributed by atoms with E-state index in [0.29, 0.717) is 6.61 Å². The van der Waals surface area contributed by atoms with Crippen LogP contribution in [0.1, 0.15) is 18.5 Å². The van der Waals surface area contributed by atoms with Crippen molar-refractivity contribution in [3.63, 3.8) is 0 Å². The van der Waals surface area contributed by atoms with Gasteiger partial charge in [-0.2, -0.15) is 0 Å². The van der Waals surface area contributed by atoms with Crippen molar-refractivity contribution in [2.75, 3.05) is 13.2 Å². The fraction of sp³-hybridized carbons (Fsp3) is 0.455. The highest BCUT2D eigenvalue weighted by Crippen LogP contribution is 2.30. The summed E-state index contributed by atoms with van der Waals surface area (Å²) in [7, 11) is 0. The summed E-state index contributed by atoms with van der Waals surface area (Å²) in [6, 6.07) is 10.4. The van der Waals surface area contributed by atoms with E-state index in [9.17, 15) is 0 Å². The third kappa shape index (κ3) is 1.92. The maximum atomic E-state index is 6.17. The Morgan fingerprint density at radius 1 is 1.36 bits per heavy atom. The van der Waals surface area contributed by atoms with E-state index < -0.39 is 0 Å². The molecule has 2 atom stereocenters. The average Bonchev–Trinajstić information content (AvgIpc) is 2.19. The number of benzene rings is 1. The van der Waals surface area contributed by atoms with Gasteiger partial charge in [0.05, 0.1) is 18.8 Å². The zero-order valence-corrected chi connectivity index (χ0v) is 8.95. The van der Waals surface area contributed by atoms with Crippen molar-refractivity contribution in [3.05, 3.63) is 35.9 Å². The number of rotatable bonds is 1. The lowest BCUT2D eigenvalue weighted by atomic mass is 10.0. The molecule has 0 bridgehead atoms. The Balaban J connectivity index is 2.23. The number of nitrogens with zero attached hydrogens (tertiary/aromatic N) is 1. The monoisotopic (exact) mass is 211 g/mol. The topological polar surface area (TPSA) is 12.5 Å². The molecule has 0 unspecified atom stereocenters. The van der Waals surface area contributed by atoms with Crippen LogP contribution >= 0.6 is 11.8 Å². The van der Waals surface area contributed by atoms with E-state index in [1.54, 1.807) is 0 Å². The summed E-state index contributed by atoms with van der Waals surface area (Å²) in [5.74, 6) is 0. The van der Waals surface area contributed by atoms with Crippen LogP contribution in [-0.2, 0) is 4.74 Å². The quantitative estimate of drug-likeness (QED) is 0.663. The minimum atomic E-state index is 0.156. The van der Waals surface area contributed by atoms with E-state index in [-0.39, 0.29) is 12.1 Å². The van der Waals surface area contributed by atoms with Gasteiger partial charge in [0.25, 0.3) is 0 Å². The van der Waals surface area contributed by atoms with Crippen LogP contribution in [0, 0.1) is 0 Å². The van der Waals surface area contributed by atoms with E-state index in [4.69, 9.17) is 16.5 Å². The van der Waals surface area contributed by atoms with E-state index in [1.165, 1.54) is 5.56 Å². The Hall–Kier alpha value is -0.570. The molecule has 0 radical (unpaired) electrons. The zero-order valence-electron chi connectivity index (χ0n) is 8.19. The highest BCUT2D eigenvalue weighted by atomic mass is 35.5. The van der Waals surface area contributed by atoms with Crippen LogP contribution in [0.15, 0.2) is 30.3 Å². The lowest BCUT2D eigenvalue weighted by Gasteiger charge is -2.35. The largest absolute Gasteiger partial charge is 0.375 e. The van der Waals surface area contributed by atoms with Crippen molar-refractivity contribution in [3.8, 4) is 0 Å². The lowest BCUT2D eigenvalue weighted by molar-refractivity contribution is -0.0300. The second-order valence-electron chi connectivity index (χ2n) is 3.55. The third-order valence-electron chi connectivity index (χ3n) is 2.57. The predicted octanol–water partition coefficient (Wildman–Crippen LogP) is 2.60. The van der Waals surface area contributed by atoms with Crippen LogP contribution in [0.3, 0.4) is 0 Å². The molecule has 1 heterocycles. The third-order valence-corrected chi connectivity index (χ3v) is 2.95. The van der Waals surface area contributed by atoms with Gasteiger partial charge in [-0.05, 0) is 24.3 Å². The van der Waals surface area contributed by atoms with Gasteiger partial charge in [0.2, 0.25) is 0 Å². The van der Waals surface area contributed by atoms with Crippen LogP contribution in [0.5, 0.6) is 0 Å². The Kier molecular flexibility index (Phi) is 3.06. The summed E-state index contributed by atoms with van der Waals surface area (Å²) >= 11 is 6.17. The molecule has 2 nitrogen and oxygen atoms in total. The van der Waals surface area contributed by atoms with Crippen LogP contribution < -0.4 is 0 Å². The van der Waals surface area contributed by atoms with Crippen LogP contribution in [0.2, 0.25) is 0 Å². The fourth-order valence-electron chi connectivity index (χ4n) is 1.87. The second-order valence-corrected chi connectivity index (χ2v) is 3.99. The van der Waals surface area contributed by atoms with Gasteiger partial charge in [-0.25, -0.2) is 4.42 Å². The number of hydrogen-bond acceptors (Lipinski definition) is 2. The summed E-state index contributed by atoms with van der Waals surface area (Å²) in [4.78, 5) is 0. The van der Waals surface area contributed by atoms with Gasteiger partial charge < -0.3 is 4.74 Å². The molecule has 76 valence electrons. The number of morpholine rings is 1. The van der Waals surface area contributed by atoms with Gasteiger partial charge in [0.15, 0.2) is 0 Å². The molecule has 2 rings (SSSR count). The first kappa shape index (κ1) is 9.97. The summed E-state index contributed by atoms with van der Waals surface area (Å²) in [5.41, 5.74) is 1.22. The normalized spacial score (nSPS) is 29.0. The van der Waals surface area contributed by atoms with Gasteiger partial charge in [0.1, 0.15) is 0 Å². The summed E-state index contributed by atoms with van der Waals surface area (Å²) < 4.78 is 7.43. The standard InChI is InChI=1S/C11H14ClNO/c1-9-11(13(12)7-8-14-9)10-5-3-2-4-6-10/h2-6,9,11H,7-8H2,1H3/t9-,11-/m0/s1. The Labute approximate surface area is 89.5 Å². The average molecular weight is 212 g/mol. The van der Waals surface area contributed by atoms with Gasteiger partial charge in [-0.1, -0.05) is 30.3 Å². The molecule has 0 amide bonds. The summed E-state index contributed by atoms with van der Waals surface area (Å²) in [5, 5.41) is 0. The first-order valence-electron chi connectivity index (χ1n) is 4.88. The molecule has 0 saturated carbocycles.